The molecule has 10 nitrogen and oxygen atoms in total. The molecule has 4 rings (SSSR count). The number of hydrogen-bond acceptors (Lipinski definition) is 8. The lowest BCUT2D eigenvalue weighted by atomic mass is 10.2. The van der Waals surface area contributed by atoms with Crippen molar-refractivity contribution in [1.82, 2.24) is 20.2 Å². The molecule has 1 aliphatic heterocycles. The highest BCUT2D eigenvalue weighted by molar-refractivity contribution is 5.97. The first kappa shape index (κ1) is 28.6. The predicted molar refractivity (Wildman–Crippen MR) is 126 cm³/mol. The van der Waals surface area contributed by atoms with E-state index in [1.54, 1.807) is 5.10 Å². The van der Waals surface area contributed by atoms with E-state index in [0.717, 1.165) is 29.3 Å². The topological polar surface area (TPSA) is 116 Å². The molecule has 4 heterocycles. The van der Waals surface area contributed by atoms with Crippen LogP contribution in [-0.4, -0.2) is 58.4 Å². The van der Waals surface area contributed by atoms with E-state index < -0.39 is 52.5 Å². The maximum Gasteiger partial charge on any atom is 0.423 e. The van der Waals surface area contributed by atoms with Crippen LogP contribution in [0.25, 0.3) is 0 Å². The Morgan fingerprint density at radius 2 is 1.80 bits per heavy atom. The number of nitrogens with zero attached hydrogens (tertiary/aromatic N) is 5. The second-order valence-corrected chi connectivity index (χ2v) is 8.66. The molecule has 1 unspecified atom stereocenters. The summed E-state index contributed by atoms with van der Waals surface area (Å²) in [5.74, 6) is -2.16. The van der Waals surface area contributed by atoms with Crippen molar-refractivity contribution in [3.05, 3.63) is 64.1 Å². The number of pyridine rings is 2. The minimum atomic E-state index is -4.95. The van der Waals surface area contributed by atoms with Crippen molar-refractivity contribution >= 4 is 23.2 Å². The van der Waals surface area contributed by atoms with Gasteiger partial charge in [-0.3, -0.25) is 14.5 Å². The third-order valence-electron chi connectivity index (χ3n) is 5.74. The fourth-order valence-corrected chi connectivity index (χ4v) is 3.86. The Kier molecular flexibility index (Phi) is 7.84. The average Bonchev–Trinajstić information content (AvgIpc) is 2.87. The molecule has 1 atom stereocenters. The number of halogens is 7. The summed E-state index contributed by atoms with van der Waals surface area (Å²) in [5, 5.41) is 7.53. The van der Waals surface area contributed by atoms with Crippen LogP contribution in [0, 0.1) is 5.82 Å². The average molecular weight is 575 g/mol. The van der Waals surface area contributed by atoms with Crippen LogP contribution in [0.1, 0.15) is 18.1 Å². The van der Waals surface area contributed by atoms with Crippen molar-refractivity contribution in [3.8, 4) is 5.75 Å². The SMILES string of the molecule is CC(COc1ccnc(N2CCN(c3ccc(C(F)(F)F)cn3)CC2=O)c1F)Nc1cn[nH]c(=O)c1C(F)(F)F. The third kappa shape index (κ3) is 6.23. The molecule has 0 aromatic carbocycles. The first-order valence-corrected chi connectivity index (χ1v) is 11.5. The number of anilines is 3. The normalized spacial score (nSPS) is 15.2. The quantitative estimate of drug-likeness (QED) is 0.412. The molecule has 0 saturated carbocycles. The minimum Gasteiger partial charge on any atom is -0.488 e. The van der Waals surface area contributed by atoms with Crippen molar-refractivity contribution in [1.29, 1.82) is 0 Å². The van der Waals surface area contributed by atoms with Crippen LogP contribution in [0.4, 0.5) is 48.1 Å². The lowest BCUT2D eigenvalue weighted by molar-refractivity contribution is -0.138. The van der Waals surface area contributed by atoms with E-state index in [4.69, 9.17) is 4.74 Å². The third-order valence-corrected chi connectivity index (χ3v) is 5.74. The van der Waals surface area contributed by atoms with E-state index in [1.807, 2.05) is 0 Å². The Bertz CT molecular complexity index is 1430. The number of nitrogens with one attached hydrogen (secondary N) is 2. The number of amides is 1. The minimum absolute atomic E-state index is 0.0668. The molecule has 17 heteroatoms. The highest BCUT2D eigenvalue weighted by Gasteiger charge is 2.38. The number of carbonyl (C=O) groups excluding carboxylic acids is 1. The summed E-state index contributed by atoms with van der Waals surface area (Å²) in [6.07, 6.45) is -6.90. The summed E-state index contributed by atoms with van der Waals surface area (Å²) < 4.78 is 98.7. The second-order valence-electron chi connectivity index (χ2n) is 8.66. The van der Waals surface area contributed by atoms with Gasteiger partial charge in [0.25, 0.3) is 5.56 Å². The van der Waals surface area contributed by atoms with Gasteiger partial charge in [-0.15, -0.1) is 0 Å². The zero-order chi connectivity index (χ0) is 29.2. The zero-order valence-electron chi connectivity index (χ0n) is 20.5. The standard InChI is InChI=1S/C23H20F7N7O3/c1-12(34-14-9-33-35-21(39)18(14)23(28,29)30)11-40-15-4-5-31-20(19(15)24)37-7-6-36(10-17(37)38)16-3-2-13(8-32-16)22(25,26)27/h2-5,8-9,12H,6-7,10-11H2,1H3,(H2,34,35,39). The van der Waals surface area contributed by atoms with Gasteiger partial charge in [0, 0.05) is 31.5 Å². The van der Waals surface area contributed by atoms with E-state index in [2.05, 4.69) is 20.4 Å². The maximum absolute atomic E-state index is 15.2. The van der Waals surface area contributed by atoms with E-state index in [9.17, 15) is 35.9 Å². The van der Waals surface area contributed by atoms with Gasteiger partial charge in [-0.05, 0) is 19.1 Å². The monoisotopic (exact) mass is 575 g/mol. The van der Waals surface area contributed by atoms with Gasteiger partial charge in [0.15, 0.2) is 11.6 Å². The highest BCUT2D eigenvalue weighted by Crippen LogP contribution is 2.32. The zero-order valence-corrected chi connectivity index (χ0v) is 20.5. The summed E-state index contributed by atoms with van der Waals surface area (Å²) >= 11 is 0. The Balaban J connectivity index is 1.41. The first-order chi connectivity index (χ1) is 18.8. The fourth-order valence-electron chi connectivity index (χ4n) is 3.86. The molecule has 1 amide bonds. The van der Waals surface area contributed by atoms with Gasteiger partial charge in [0.05, 0.1) is 30.0 Å². The van der Waals surface area contributed by atoms with Crippen LogP contribution in [-0.2, 0) is 17.1 Å². The number of hydrogen-bond donors (Lipinski definition) is 2. The number of aromatic nitrogens is 4. The van der Waals surface area contributed by atoms with Gasteiger partial charge in [0.2, 0.25) is 11.7 Å². The highest BCUT2D eigenvalue weighted by atomic mass is 19.4. The molecule has 1 fully saturated rings. The van der Waals surface area contributed by atoms with Crippen LogP contribution < -0.4 is 25.4 Å². The Morgan fingerprint density at radius 3 is 2.42 bits per heavy atom. The summed E-state index contributed by atoms with van der Waals surface area (Å²) in [5.41, 5.74) is -4.44. The number of ether oxygens (including phenoxy) is 1. The van der Waals surface area contributed by atoms with E-state index >= 15 is 4.39 Å². The van der Waals surface area contributed by atoms with Crippen molar-refractivity contribution < 1.29 is 40.3 Å². The molecule has 214 valence electrons. The molecule has 0 aliphatic carbocycles. The van der Waals surface area contributed by atoms with Crippen LogP contribution in [0.5, 0.6) is 5.75 Å². The predicted octanol–water partition coefficient (Wildman–Crippen LogP) is 3.47. The lowest BCUT2D eigenvalue weighted by Crippen LogP contribution is -2.51. The van der Waals surface area contributed by atoms with Gasteiger partial charge in [0.1, 0.15) is 18.0 Å². The largest absolute Gasteiger partial charge is 0.488 e. The Labute approximate surface area is 220 Å². The van der Waals surface area contributed by atoms with Crippen molar-refractivity contribution in [2.24, 2.45) is 0 Å². The van der Waals surface area contributed by atoms with Crippen molar-refractivity contribution in [3.63, 3.8) is 0 Å². The van der Waals surface area contributed by atoms with E-state index in [0.29, 0.717) is 6.20 Å². The molecule has 1 saturated heterocycles. The molecule has 3 aromatic rings. The molecule has 3 aromatic heterocycles. The van der Waals surface area contributed by atoms with Crippen LogP contribution in [0.3, 0.4) is 0 Å². The maximum atomic E-state index is 15.2. The second kappa shape index (κ2) is 11.0. The van der Waals surface area contributed by atoms with Crippen LogP contribution >= 0.6 is 0 Å². The smallest absolute Gasteiger partial charge is 0.423 e. The van der Waals surface area contributed by atoms with Gasteiger partial charge in [-0.2, -0.15) is 35.8 Å². The van der Waals surface area contributed by atoms with Crippen molar-refractivity contribution in [2.45, 2.75) is 25.3 Å². The number of rotatable bonds is 7. The molecular formula is C23H20F7N7O3. The molecule has 1 aliphatic rings. The van der Waals surface area contributed by atoms with Gasteiger partial charge < -0.3 is 15.0 Å². The van der Waals surface area contributed by atoms with E-state index in [-0.39, 0.29) is 43.6 Å². The molecular weight excluding hydrogens is 555 g/mol. The summed E-state index contributed by atoms with van der Waals surface area (Å²) in [6.45, 7) is 0.828. The fraction of sp³-hybridized carbons (Fsp3) is 0.348. The van der Waals surface area contributed by atoms with Gasteiger partial charge >= 0.3 is 12.4 Å². The van der Waals surface area contributed by atoms with Gasteiger partial charge in [-0.25, -0.2) is 15.1 Å². The number of alkyl halides is 6. The lowest BCUT2D eigenvalue weighted by Gasteiger charge is -2.34. The summed E-state index contributed by atoms with van der Waals surface area (Å²) in [6, 6.07) is 2.29. The van der Waals surface area contributed by atoms with E-state index in [1.165, 1.54) is 18.0 Å². The molecule has 2 N–H and O–H groups in total. The number of H-pyrrole nitrogens is 1. The van der Waals surface area contributed by atoms with Crippen molar-refractivity contribution in [2.75, 3.05) is 41.4 Å². The number of carbonyl (C=O) groups is 1. The first-order valence-electron chi connectivity index (χ1n) is 11.5. The molecule has 0 bridgehead atoms. The molecule has 0 spiro atoms. The number of piperazine rings is 1. The van der Waals surface area contributed by atoms with Crippen LogP contribution in [0.2, 0.25) is 0 Å². The Hall–Kier alpha value is -4.44. The Morgan fingerprint density at radius 1 is 1.05 bits per heavy atom. The van der Waals surface area contributed by atoms with Gasteiger partial charge in [-0.1, -0.05) is 0 Å². The summed E-state index contributed by atoms with van der Waals surface area (Å²) in [7, 11) is 0. The molecule has 0 radical (unpaired) electrons. The summed E-state index contributed by atoms with van der Waals surface area (Å²) in [4.78, 5) is 34.5. The number of aromatic amines is 1. The van der Waals surface area contributed by atoms with Crippen LogP contribution in [0.15, 0.2) is 41.6 Å². The molecule has 40 heavy (non-hydrogen) atoms.